The van der Waals surface area contributed by atoms with Gasteiger partial charge in [-0.3, -0.25) is 4.79 Å². The fourth-order valence-electron chi connectivity index (χ4n) is 5.53. The number of esters is 1. The summed E-state index contributed by atoms with van der Waals surface area (Å²) in [6, 6.07) is 8.61. The maximum atomic E-state index is 11.2. The van der Waals surface area contributed by atoms with Crippen LogP contribution in [0.3, 0.4) is 0 Å². The molecule has 1 fully saturated rings. The third kappa shape index (κ3) is 2.20. The Labute approximate surface area is 143 Å². The molecule has 1 aromatic rings. The molecule has 0 radical (unpaired) electrons. The van der Waals surface area contributed by atoms with E-state index >= 15 is 0 Å². The van der Waals surface area contributed by atoms with Gasteiger partial charge in [0.25, 0.3) is 0 Å². The van der Waals surface area contributed by atoms with E-state index in [1.54, 1.807) is 0 Å². The zero-order valence-corrected chi connectivity index (χ0v) is 14.3. The monoisotopic (exact) mass is 321 g/mol. The van der Waals surface area contributed by atoms with Crippen molar-refractivity contribution in [3.8, 4) is 11.8 Å². The number of nitriles is 1. The molecule has 0 heterocycles. The van der Waals surface area contributed by atoms with Crippen molar-refractivity contribution >= 4 is 5.97 Å². The summed E-state index contributed by atoms with van der Waals surface area (Å²) in [5.41, 5.74) is 3.88. The zero-order chi connectivity index (χ0) is 16.9. The van der Waals surface area contributed by atoms with Crippen LogP contribution in [-0.4, -0.2) is 5.97 Å². The van der Waals surface area contributed by atoms with E-state index in [9.17, 15) is 10.1 Å². The van der Waals surface area contributed by atoms with Crippen molar-refractivity contribution in [1.82, 2.24) is 0 Å². The molecule has 0 N–H and O–H groups in total. The predicted octanol–water partition coefficient (Wildman–Crippen LogP) is 4.53. The van der Waals surface area contributed by atoms with Crippen LogP contribution in [0.4, 0.5) is 0 Å². The SMILES string of the molecule is CC(=O)Oc1ccc2c(c1)CCC1C2CCC2(C)C(C#N)=CCC12. The Morgan fingerprint density at radius 2 is 2.21 bits per heavy atom. The molecule has 0 bridgehead atoms. The molecule has 1 saturated carbocycles. The standard InChI is InChI=1S/C21H23NO2/c1-13(23)24-16-5-7-17-14(11-16)3-6-19-18(17)9-10-21(2)15(12-22)4-8-20(19)21/h4-5,7,11,18-20H,3,6,8-10H2,1-2H3. The first-order chi connectivity index (χ1) is 11.5. The normalized spacial score (nSPS) is 33.5. The highest BCUT2D eigenvalue weighted by Gasteiger charge is 2.51. The van der Waals surface area contributed by atoms with Crippen molar-refractivity contribution in [2.24, 2.45) is 17.3 Å². The van der Waals surface area contributed by atoms with Gasteiger partial charge in [-0.15, -0.1) is 0 Å². The van der Waals surface area contributed by atoms with E-state index in [0.717, 1.165) is 31.3 Å². The summed E-state index contributed by atoms with van der Waals surface area (Å²) < 4.78 is 5.25. The van der Waals surface area contributed by atoms with Crippen molar-refractivity contribution < 1.29 is 9.53 Å². The first kappa shape index (κ1) is 15.4. The summed E-state index contributed by atoms with van der Waals surface area (Å²) in [6.45, 7) is 3.74. The molecule has 1 aromatic carbocycles. The molecular formula is C21H23NO2. The molecule has 0 aromatic heterocycles. The lowest BCUT2D eigenvalue weighted by atomic mass is 9.54. The second-order valence-electron chi connectivity index (χ2n) is 7.79. The van der Waals surface area contributed by atoms with Gasteiger partial charge in [-0.2, -0.15) is 5.26 Å². The molecule has 0 aliphatic heterocycles. The van der Waals surface area contributed by atoms with Crippen LogP contribution in [0.25, 0.3) is 0 Å². The van der Waals surface area contributed by atoms with Gasteiger partial charge in [0.05, 0.1) is 6.07 Å². The van der Waals surface area contributed by atoms with Crippen molar-refractivity contribution in [3.05, 3.63) is 41.0 Å². The minimum absolute atomic E-state index is 0.0884. The third-order valence-electron chi connectivity index (χ3n) is 6.66. The number of nitrogens with zero attached hydrogens (tertiary/aromatic N) is 1. The second kappa shape index (κ2) is 5.48. The van der Waals surface area contributed by atoms with E-state index in [0.29, 0.717) is 23.5 Å². The Morgan fingerprint density at radius 1 is 1.38 bits per heavy atom. The highest BCUT2D eigenvalue weighted by molar-refractivity contribution is 5.69. The molecule has 124 valence electrons. The Morgan fingerprint density at radius 3 is 2.96 bits per heavy atom. The van der Waals surface area contributed by atoms with Gasteiger partial charge >= 0.3 is 5.97 Å². The highest BCUT2D eigenvalue weighted by atomic mass is 16.5. The van der Waals surface area contributed by atoms with Crippen LogP contribution >= 0.6 is 0 Å². The molecule has 24 heavy (non-hydrogen) atoms. The molecule has 3 aliphatic carbocycles. The lowest BCUT2D eigenvalue weighted by Gasteiger charge is -2.49. The lowest BCUT2D eigenvalue weighted by Crippen LogP contribution is -2.41. The van der Waals surface area contributed by atoms with Crippen molar-refractivity contribution in [3.63, 3.8) is 0 Å². The summed E-state index contributed by atoms with van der Waals surface area (Å²) >= 11 is 0. The topological polar surface area (TPSA) is 50.1 Å². The molecule has 0 saturated heterocycles. The van der Waals surface area contributed by atoms with Crippen LogP contribution in [0.5, 0.6) is 5.75 Å². The predicted molar refractivity (Wildman–Crippen MR) is 91.4 cm³/mol. The minimum atomic E-state index is -0.266. The van der Waals surface area contributed by atoms with Gasteiger partial charge in [0.2, 0.25) is 0 Å². The number of fused-ring (bicyclic) bond motifs is 5. The quantitative estimate of drug-likeness (QED) is 0.564. The number of hydrogen-bond acceptors (Lipinski definition) is 3. The zero-order valence-electron chi connectivity index (χ0n) is 14.3. The van der Waals surface area contributed by atoms with Gasteiger partial charge < -0.3 is 4.74 Å². The number of hydrogen-bond donors (Lipinski definition) is 0. The summed E-state index contributed by atoms with van der Waals surface area (Å²) in [4.78, 5) is 11.2. The van der Waals surface area contributed by atoms with E-state index in [2.05, 4.69) is 25.1 Å². The maximum Gasteiger partial charge on any atom is 0.308 e. The number of allylic oxidation sites excluding steroid dienone is 2. The van der Waals surface area contributed by atoms with Crippen LogP contribution in [-0.2, 0) is 11.2 Å². The fraction of sp³-hybridized carbons (Fsp3) is 0.524. The molecule has 3 heteroatoms. The number of benzene rings is 1. The average molecular weight is 321 g/mol. The van der Waals surface area contributed by atoms with E-state index in [4.69, 9.17) is 4.74 Å². The fourth-order valence-corrected chi connectivity index (χ4v) is 5.53. The molecule has 0 spiro atoms. The Bertz CT molecular complexity index is 773. The van der Waals surface area contributed by atoms with Crippen molar-refractivity contribution in [2.75, 3.05) is 0 Å². The van der Waals surface area contributed by atoms with E-state index in [1.807, 2.05) is 12.1 Å². The molecule has 4 unspecified atom stereocenters. The Hall–Kier alpha value is -2.08. The van der Waals surface area contributed by atoms with Crippen molar-refractivity contribution in [2.45, 2.75) is 51.9 Å². The number of rotatable bonds is 1. The molecular weight excluding hydrogens is 298 g/mol. The van der Waals surface area contributed by atoms with E-state index < -0.39 is 0 Å². The Balaban J connectivity index is 1.64. The molecule has 4 atom stereocenters. The summed E-state index contributed by atoms with van der Waals surface area (Å²) in [5, 5.41) is 9.47. The number of carbonyl (C=O) groups excluding carboxylic acids is 1. The van der Waals surface area contributed by atoms with Crippen LogP contribution < -0.4 is 4.74 Å². The first-order valence-corrected chi connectivity index (χ1v) is 8.95. The lowest BCUT2D eigenvalue weighted by molar-refractivity contribution is -0.131. The van der Waals surface area contributed by atoms with Gasteiger partial charge in [-0.1, -0.05) is 19.1 Å². The highest BCUT2D eigenvalue weighted by Crippen LogP contribution is 2.60. The third-order valence-corrected chi connectivity index (χ3v) is 6.66. The van der Waals surface area contributed by atoms with Crippen molar-refractivity contribution in [1.29, 1.82) is 5.26 Å². The van der Waals surface area contributed by atoms with Gasteiger partial charge in [0.15, 0.2) is 0 Å². The smallest absolute Gasteiger partial charge is 0.308 e. The van der Waals surface area contributed by atoms with Crippen LogP contribution in [0.1, 0.15) is 56.6 Å². The van der Waals surface area contributed by atoms with E-state index in [1.165, 1.54) is 24.5 Å². The average Bonchev–Trinajstić information content (AvgIpc) is 2.90. The van der Waals surface area contributed by atoms with E-state index in [-0.39, 0.29) is 11.4 Å². The second-order valence-corrected chi connectivity index (χ2v) is 7.79. The van der Waals surface area contributed by atoms with Gasteiger partial charge in [-0.25, -0.2) is 0 Å². The number of carbonyl (C=O) groups is 1. The van der Waals surface area contributed by atoms with Gasteiger partial charge in [0.1, 0.15) is 5.75 Å². The maximum absolute atomic E-state index is 11.2. The summed E-state index contributed by atoms with van der Waals surface area (Å²) in [5.74, 6) is 2.25. The number of aryl methyl sites for hydroxylation is 1. The molecule has 3 aliphatic rings. The molecule has 0 amide bonds. The van der Waals surface area contributed by atoms with Gasteiger partial charge in [-0.05, 0) is 73.1 Å². The largest absolute Gasteiger partial charge is 0.427 e. The summed E-state index contributed by atoms with van der Waals surface area (Å²) in [6.07, 6.45) is 7.71. The van der Waals surface area contributed by atoms with Crippen LogP contribution in [0, 0.1) is 28.6 Å². The molecule has 3 nitrogen and oxygen atoms in total. The molecule has 4 rings (SSSR count). The number of ether oxygens (including phenoxy) is 1. The van der Waals surface area contributed by atoms with Crippen LogP contribution in [0.15, 0.2) is 29.8 Å². The minimum Gasteiger partial charge on any atom is -0.427 e. The summed E-state index contributed by atoms with van der Waals surface area (Å²) in [7, 11) is 0. The van der Waals surface area contributed by atoms with Gasteiger partial charge in [0, 0.05) is 17.9 Å². The van der Waals surface area contributed by atoms with Crippen LogP contribution in [0.2, 0.25) is 0 Å². The first-order valence-electron chi connectivity index (χ1n) is 8.95. The Kier molecular flexibility index (Phi) is 3.53.